The second kappa shape index (κ2) is 6.99. The average molecular weight is 331 g/mol. The molecule has 5 heteroatoms. The molecule has 2 aromatic carbocycles. The van der Waals surface area contributed by atoms with Crippen LogP contribution >= 0.6 is 0 Å². The minimum absolute atomic E-state index is 0.0475. The number of ether oxygens (including phenoxy) is 1. The van der Waals surface area contributed by atoms with E-state index in [1.807, 2.05) is 30.3 Å². The highest BCUT2D eigenvalue weighted by molar-refractivity contribution is 5.99. The van der Waals surface area contributed by atoms with Crippen molar-refractivity contribution in [3.63, 3.8) is 0 Å². The molecule has 1 aliphatic rings. The van der Waals surface area contributed by atoms with Crippen molar-refractivity contribution in [3.8, 4) is 5.75 Å². The summed E-state index contributed by atoms with van der Waals surface area (Å²) >= 11 is 0. The Labute approximate surface area is 139 Å². The Kier molecular flexibility index (Phi) is 4.79. The number of carbonyl (C=O) groups excluding carboxylic acids is 1. The first kappa shape index (κ1) is 16.4. The highest BCUT2D eigenvalue weighted by Gasteiger charge is 2.42. The van der Waals surface area contributed by atoms with Crippen LogP contribution in [0, 0.1) is 0 Å². The number of hydrogen-bond acceptors (Lipinski definition) is 2. The van der Waals surface area contributed by atoms with Gasteiger partial charge in [-0.2, -0.15) is 8.78 Å². The number of carbonyl (C=O) groups is 1. The van der Waals surface area contributed by atoms with Gasteiger partial charge in [-0.3, -0.25) is 4.79 Å². The Morgan fingerprint density at radius 2 is 1.62 bits per heavy atom. The molecule has 1 amide bonds. The van der Waals surface area contributed by atoms with Crippen molar-refractivity contribution in [2.24, 2.45) is 0 Å². The quantitative estimate of drug-likeness (QED) is 0.859. The second-order valence-corrected chi connectivity index (χ2v) is 6.01. The minimum Gasteiger partial charge on any atom is -0.435 e. The first-order valence-electron chi connectivity index (χ1n) is 8.02. The molecule has 0 aromatic heterocycles. The Balaban J connectivity index is 1.77. The first-order chi connectivity index (χ1) is 11.6. The third-order valence-electron chi connectivity index (χ3n) is 4.56. The van der Waals surface area contributed by atoms with Crippen LogP contribution in [0.2, 0.25) is 0 Å². The summed E-state index contributed by atoms with van der Waals surface area (Å²) < 4.78 is 28.7. The van der Waals surface area contributed by atoms with Gasteiger partial charge in [-0.1, -0.05) is 43.2 Å². The maximum absolute atomic E-state index is 12.9. The van der Waals surface area contributed by atoms with E-state index >= 15 is 0 Å². The molecule has 0 bridgehead atoms. The third-order valence-corrected chi connectivity index (χ3v) is 4.56. The predicted molar refractivity (Wildman–Crippen MR) is 88.3 cm³/mol. The standard InChI is InChI=1S/C19H19F2NO2/c20-18(21)24-16-10-8-15(9-11-16)22-17(23)19(12-4-5-13-19)14-6-2-1-3-7-14/h1-3,6-11,18H,4-5,12-13H2,(H,22,23). The topological polar surface area (TPSA) is 38.3 Å². The average Bonchev–Trinajstić information content (AvgIpc) is 3.08. The van der Waals surface area contributed by atoms with E-state index in [0.717, 1.165) is 31.2 Å². The summed E-state index contributed by atoms with van der Waals surface area (Å²) in [6.45, 7) is -2.86. The highest BCUT2D eigenvalue weighted by atomic mass is 19.3. The summed E-state index contributed by atoms with van der Waals surface area (Å²) in [5.41, 5.74) is 1.08. The maximum atomic E-state index is 12.9. The Morgan fingerprint density at radius 1 is 1.00 bits per heavy atom. The van der Waals surface area contributed by atoms with Gasteiger partial charge in [-0.05, 0) is 42.7 Å². The van der Waals surface area contributed by atoms with E-state index in [0.29, 0.717) is 5.69 Å². The molecule has 24 heavy (non-hydrogen) atoms. The number of halogens is 2. The van der Waals surface area contributed by atoms with Crippen LogP contribution in [0.5, 0.6) is 5.75 Å². The van der Waals surface area contributed by atoms with Crippen LogP contribution in [0.3, 0.4) is 0 Å². The molecule has 0 heterocycles. The molecule has 0 radical (unpaired) electrons. The molecule has 0 spiro atoms. The number of alkyl halides is 2. The van der Waals surface area contributed by atoms with Crippen LogP contribution in [0.15, 0.2) is 54.6 Å². The van der Waals surface area contributed by atoms with E-state index in [1.165, 1.54) is 12.1 Å². The largest absolute Gasteiger partial charge is 0.435 e. The van der Waals surface area contributed by atoms with Gasteiger partial charge in [-0.15, -0.1) is 0 Å². The molecule has 126 valence electrons. The molecule has 3 nitrogen and oxygen atoms in total. The molecule has 0 unspecified atom stereocenters. The zero-order valence-corrected chi connectivity index (χ0v) is 13.2. The van der Waals surface area contributed by atoms with Crippen molar-refractivity contribution in [3.05, 3.63) is 60.2 Å². The lowest BCUT2D eigenvalue weighted by Crippen LogP contribution is -2.37. The van der Waals surface area contributed by atoms with Gasteiger partial charge in [0.1, 0.15) is 5.75 Å². The molecular formula is C19H19F2NO2. The van der Waals surface area contributed by atoms with Gasteiger partial charge in [0.25, 0.3) is 0 Å². The van der Waals surface area contributed by atoms with Gasteiger partial charge < -0.3 is 10.1 Å². The number of amides is 1. The SMILES string of the molecule is O=C(Nc1ccc(OC(F)F)cc1)C1(c2ccccc2)CCCC1. The molecular weight excluding hydrogens is 312 g/mol. The zero-order valence-electron chi connectivity index (χ0n) is 13.2. The zero-order chi connectivity index (χ0) is 17.0. The van der Waals surface area contributed by atoms with Crippen LogP contribution in [0.25, 0.3) is 0 Å². The number of hydrogen-bond donors (Lipinski definition) is 1. The highest BCUT2D eigenvalue weighted by Crippen LogP contribution is 2.42. The summed E-state index contributed by atoms with van der Waals surface area (Å²) in [6.07, 6.45) is 3.66. The first-order valence-corrected chi connectivity index (χ1v) is 8.02. The van der Waals surface area contributed by atoms with E-state index in [-0.39, 0.29) is 11.7 Å². The number of nitrogens with one attached hydrogen (secondary N) is 1. The maximum Gasteiger partial charge on any atom is 0.387 e. The number of anilines is 1. The summed E-state index contributed by atoms with van der Waals surface area (Å²) in [5, 5.41) is 2.92. The molecule has 3 rings (SSSR count). The summed E-state index contributed by atoms with van der Waals surface area (Å²) in [5.74, 6) is 0.0235. The fourth-order valence-electron chi connectivity index (χ4n) is 3.35. The number of benzene rings is 2. The molecule has 2 aromatic rings. The van der Waals surface area contributed by atoms with Crippen molar-refractivity contribution >= 4 is 11.6 Å². The molecule has 1 aliphatic carbocycles. The molecule has 1 fully saturated rings. The normalized spacial score (nSPS) is 16.1. The van der Waals surface area contributed by atoms with E-state index in [9.17, 15) is 13.6 Å². The molecule has 1 saturated carbocycles. The van der Waals surface area contributed by atoms with Crippen molar-refractivity contribution < 1.29 is 18.3 Å². The molecule has 1 N–H and O–H groups in total. The van der Waals surface area contributed by atoms with Crippen molar-refractivity contribution in [1.82, 2.24) is 0 Å². The van der Waals surface area contributed by atoms with Gasteiger partial charge >= 0.3 is 6.61 Å². The van der Waals surface area contributed by atoms with Crippen LogP contribution in [0.1, 0.15) is 31.2 Å². The molecule has 0 atom stereocenters. The monoisotopic (exact) mass is 331 g/mol. The van der Waals surface area contributed by atoms with Crippen LogP contribution in [-0.4, -0.2) is 12.5 Å². The van der Waals surface area contributed by atoms with Gasteiger partial charge in [0.05, 0.1) is 5.41 Å². The van der Waals surface area contributed by atoms with Crippen molar-refractivity contribution in [2.75, 3.05) is 5.32 Å². The summed E-state index contributed by atoms with van der Waals surface area (Å²) in [7, 11) is 0. The Hall–Kier alpha value is -2.43. The third kappa shape index (κ3) is 3.40. The smallest absolute Gasteiger partial charge is 0.387 e. The molecule has 0 aliphatic heterocycles. The summed E-state index contributed by atoms with van der Waals surface area (Å²) in [4.78, 5) is 12.9. The predicted octanol–water partition coefficient (Wildman–Crippen LogP) is 4.74. The van der Waals surface area contributed by atoms with Crippen molar-refractivity contribution in [2.45, 2.75) is 37.7 Å². The number of rotatable bonds is 5. The lowest BCUT2D eigenvalue weighted by atomic mass is 9.78. The fourth-order valence-corrected chi connectivity index (χ4v) is 3.35. The van der Waals surface area contributed by atoms with Gasteiger partial charge in [-0.25, -0.2) is 0 Å². The lowest BCUT2D eigenvalue weighted by molar-refractivity contribution is -0.121. The van der Waals surface area contributed by atoms with E-state index in [1.54, 1.807) is 12.1 Å². The Morgan fingerprint density at radius 3 is 2.21 bits per heavy atom. The van der Waals surface area contributed by atoms with Crippen LogP contribution in [-0.2, 0) is 10.2 Å². The lowest BCUT2D eigenvalue weighted by Gasteiger charge is -2.28. The fraction of sp³-hybridized carbons (Fsp3) is 0.316. The van der Waals surface area contributed by atoms with Gasteiger partial charge in [0, 0.05) is 5.69 Å². The Bertz CT molecular complexity index is 680. The van der Waals surface area contributed by atoms with E-state index in [2.05, 4.69) is 10.1 Å². The second-order valence-electron chi connectivity index (χ2n) is 6.01. The van der Waals surface area contributed by atoms with E-state index < -0.39 is 12.0 Å². The van der Waals surface area contributed by atoms with E-state index in [4.69, 9.17) is 0 Å². The van der Waals surface area contributed by atoms with Crippen LogP contribution < -0.4 is 10.1 Å². The minimum atomic E-state index is -2.86. The van der Waals surface area contributed by atoms with Gasteiger partial charge in [0.15, 0.2) is 0 Å². The molecule has 0 saturated heterocycles. The van der Waals surface area contributed by atoms with Crippen molar-refractivity contribution in [1.29, 1.82) is 0 Å². The van der Waals surface area contributed by atoms with Crippen LogP contribution in [0.4, 0.5) is 14.5 Å². The summed E-state index contributed by atoms with van der Waals surface area (Å²) in [6, 6.07) is 15.8. The van der Waals surface area contributed by atoms with Gasteiger partial charge in [0.2, 0.25) is 5.91 Å².